The summed E-state index contributed by atoms with van der Waals surface area (Å²) in [6.07, 6.45) is 0. The van der Waals surface area contributed by atoms with Crippen LogP contribution in [-0.4, -0.2) is 11.8 Å². The van der Waals surface area contributed by atoms with E-state index in [4.69, 9.17) is 5.41 Å². The number of amides is 1. The van der Waals surface area contributed by atoms with Crippen LogP contribution >= 0.6 is 12.4 Å². The topological polar surface area (TPSA) is 62.2 Å². The molecule has 0 bridgehead atoms. The Labute approximate surface area is 59.5 Å². The van der Waals surface area contributed by atoms with Crippen LogP contribution in [0.15, 0.2) is 0 Å². The molecule has 4 nitrogen and oxygen atoms in total. The first-order valence-corrected chi connectivity index (χ1v) is 2.11. The normalized spacial score (nSPS) is 6.89. The zero-order valence-corrected chi connectivity index (χ0v) is 6.04. The van der Waals surface area contributed by atoms with E-state index in [-0.39, 0.29) is 24.2 Å². The predicted octanol–water partition coefficient (Wildman–Crippen LogP) is 0.473. The molecule has 0 aliphatic heterocycles. The largest absolute Gasteiger partial charge is 0.365 e. The van der Waals surface area contributed by atoms with Crippen molar-refractivity contribution in [2.75, 3.05) is 0 Å². The van der Waals surface area contributed by atoms with Gasteiger partial charge in [0.1, 0.15) is 0 Å². The number of nitrogens with one attached hydrogen (secondary N) is 2. The fourth-order valence-corrected chi connectivity index (χ4v) is 0.148. The molecule has 0 aromatic heterocycles. The molecule has 5 heteroatoms. The summed E-state index contributed by atoms with van der Waals surface area (Å²) >= 11 is 0. The van der Waals surface area contributed by atoms with Crippen LogP contribution in [0, 0.1) is 5.41 Å². The highest BCUT2D eigenvalue weighted by Crippen LogP contribution is 1.67. The summed E-state index contributed by atoms with van der Waals surface area (Å²) in [5.41, 5.74) is 1.98. The fraction of sp³-hybridized carbons (Fsp3) is 0.500. The van der Waals surface area contributed by atoms with E-state index in [1.54, 1.807) is 0 Å². The number of halogens is 1. The number of rotatable bonds is 0. The molecule has 2 N–H and O–H groups in total. The number of hydroxylamine groups is 1. The lowest BCUT2D eigenvalue weighted by Gasteiger charge is -1.98. The van der Waals surface area contributed by atoms with Crippen LogP contribution in [0.2, 0.25) is 0 Å². The summed E-state index contributed by atoms with van der Waals surface area (Å²) in [7, 11) is 0. The average Bonchev–Trinajstić information content (AvgIpc) is 1.61. The minimum Gasteiger partial charge on any atom is -0.365 e. The second-order valence-corrected chi connectivity index (χ2v) is 1.32. The van der Waals surface area contributed by atoms with Crippen molar-refractivity contribution in [2.45, 2.75) is 13.8 Å². The van der Waals surface area contributed by atoms with Crippen molar-refractivity contribution < 1.29 is 9.63 Å². The van der Waals surface area contributed by atoms with Gasteiger partial charge in [0.05, 0.1) is 0 Å². The molecule has 0 aliphatic rings. The standard InChI is InChI=1S/C4H8N2O2.ClH/c1-3(5)8-6-4(2)7;/h5H,1-2H3,(H,6,7);1H. The van der Waals surface area contributed by atoms with E-state index in [9.17, 15) is 4.79 Å². The van der Waals surface area contributed by atoms with Crippen LogP contribution in [0.3, 0.4) is 0 Å². The molecule has 0 saturated heterocycles. The van der Waals surface area contributed by atoms with Crippen LogP contribution in [0.5, 0.6) is 0 Å². The van der Waals surface area contributed by atoms with Crippen molar-refractivity contribution in [3.63, 3.8) is 0 Å². The van der Waals surface area contributed by atoms with Crippen LogP contribution in [0.4, 0.5) is 0 Å². The first kappa shape index (κ1) is 11.1. The number of carbonyl (C=O) groups excluding carboxylic acids is 1. The minimum atomic E-state index is -0.309. The van der Waals surface area contributed by atoms with Crippen LogP contribution in [0.1, 0.15) is 13.8 Å². The zero-order valence-electron chi connectivity index (χ0n) is 5.22. The second kappa shape index (κ2) is 5.37. The molecule has 0 aromatic rings. The molecule has 0 aliphatic carbocycles. The summed E-state index contributed by atoms with van der Waals surface area (Å²) in [6, 6.07) is 0. The molecule has 0 saturated carbocycles. The van der Waals surface area contributed by atoms with Gasteiger partial charge in [0.2, 0.25) is 11.8 Å². The molecule has 0 radical (unpaired) electrons. The summed E-state index contributed by atoms with van der Waals surface area (Å²) in [4.78, 5) is 14.3. The minimum absolute atomic E-state index is 0. The van der Waals surface area contributed by atoms with Gasteiger partial charge in [0.25, 0.3) is 0 Å². The summed E-state index contributed by atoms with van der Waals surface area (Å²) in [5.74, 6) is -0.336. The Morgan fingerprint density at radius 2 is 2.00 bits per heavy atom. The van der Waals surface area contributed by atoms with Crippen molar-refractivity contribution in [1.29, 1.82) is 5.41 Å². The molecule has 54 valence electrons. The Balaban J connectivity index is 0. The van der Waals surface area contributed by atoms with Gasteiger partial charge in [0.15, 0.2) is 0 Å². The Morgan fingerprint density at radius 3 is 2.11 bits per heavy atom. The van der Waals surface area contributed by atoms with E-state index < -0.39 is 0 Å². The molecular formula is C4H9ClN2O2. The molecule has 0 rings (SSSR count). The molecule has 9 heavy (non-hydrogen) atoms. The Morgan fingerprint density at radius 1 is 1.56 bits per heavy atom. The SMILES string of the molecule is CC(=N)ONC(C)=O.Cl. The van der Waals surface area contributed by atoms with E-state index in [0.717, 1.165) is 0 Å². The lowest BCUT2D eigenvalue weighted by molar-refractivity contribution is -0.126. The van der Waals surface area contributed by atoms with E-state index in [1.807, 2.05) is 5.48 Å². The van der Waals surface area contributed by atoms with Crippen LogP contribution in [0.25, 0.3) is 0 Å². The summed E-state index contributed by atoms with van der Waals surface area (Å²) in [5, 5.41) is 6.65. The zero-order chi connectivity index (χ0) is 6.57. The molecule has 0 atom stereocenters. The lowest BCUT2D eigenvalue weighted by atomic mass is 10.8. The van der Waals surface area contributed by atoms with Crippen LogP contribution in [-0.2, 0) is 9.63 Å². The van der Waals surface area contributed by atoms with Gasteiger partial charge in [-0.2, -0.15) is 5.48 Å². The van der Waals surface area contributed by atoms with Gasteiger partial charge in [-0.3, -0.25) is 10.2 Å². The fourth-order valence-electron chi connectivity index (χ4n) is 0.148. The Hall–Kier alpha value is -0.770. The molecule has 0 fully saturated rings. The van der Waals surface area contributed by atoms with Crippen molar-refractivity contribution >= 4 is 24.2 Å². The second-order valence-electron chi connectivity index (χ2n) is 1.32. The van der Waals surface area contributed by atoms with Crippen molar-refractivity contribution in [3.8, 4) is 0 Å². The molecular weight excluding hydrogens is 144 g/mol. The van der Waals surface area contributed by atoms with Gasteiger partial charge in [-0.05, 0) is 0 Å². The molecule has 0 spiro atoms. The van der Waals surface area contributed by atoms with Gasteiger partial charge in [-0.1, -0.05) is 0 Å². The molecule has 0 heterocycles. The quantitative estimate of drug-likeness (QED) is 0.301. The van der Waals surface area contributed by atoms with Gasteiger partial charge in [0, 0.05) is 13.8 Å². The van der Waals surface area contributed by atoms with Gasteiger partial charge in [-0.15, -0.1) is 12.4 Å². The number of hydrogen-bond donors (Lipinski definition) is 2. The van der Waals surface area contributed by atoms with Crippen molar-refractivity contribution in [2.24, 2.45) is 0 Å². The first-order chi connectivity index (χ1) is 3.63. The average molecular weight is 153 g/mol. The number of carbonyl (C=O) groups is 1. The van der Waals surface area contributed by atoms with E-state index in [0.29, 0.717) is 0 Å². The maximum Gasteiger partial charge on any atom is 0.249 e. The van der Waals surface area contributed by atoms with E-state index in [1.165, 1.54) is 13.8 Å². The maximum absolute atomic E-state index is 10.0. The summed E-state index contributed by atoms with van der Waals surface area (Å²) in [6.45, 7) is 2.74. The monoisotopic (exact) mass is 152 g/mol. The van der Waals surface area contributed by atoms with E-state index >= 15 is 0 Å². The first-order valence-electron chi connectivity index (χ1n) is 2.11. The highest BCUT2D eigenvalue weighted by atomic mass is 35.5. The number of hydrogen-bond acceptors (Lipinski definition) is 3. The molecule has 0 unspecified atom stereocenters. The van der Waals surface area contributed by atoms with Crippen LogP contribution < -0.4 is 5.48 Å². The van der Waals surface area contributed by atoms with Gasteiger partial charge in [-0.25, -0.2) is 0 Å². The third-order valence-electron chi connectivity index (χ3n) is 0.348. The van der Waals surface area contributed by atoms with E-state index in [2.05, 4.69) is 4.84 Å². The maximum atomic E-state index is 10.0. The summed E-state index contributed by atoms with van der Waals surface area (Å²) < 4.78 is 0. The highest BCUT2D eigenvalue weighted by molar-refractivity contribution is 5.85. The Bertz CT molecular complexity index is 101. The third kappa shape index (κ3) is 11.1. The Kier molecular flexibility index (Phi) is 6.61. The van der Waals surface area contributed by atoms with Crippen molar-refractivity contribution in [3.05, 3.63) is 0 Å². The van der Waals surface area contributed by atoms with Crippen molar-refractivity contribution in [1.82, 2.24) is 5.48 Å². The smallest absolute Gasteiger partial charge is 0.249 e. The highest BCUT2D eigenvalue weighted by Gasteiger charge is 1.88. The van der Waals surface area contributed by atoms with Gasteiger partial charge >= 0.3 is 0 Å². The molecule has 1 amide bonds. The molecule has 0 aromatic carbocycles. The third-order valence-corrected chi connectivity index (χ3v) is 0.348. The van der Waals surface area contributed by atoms with Gasteiger partial charge < -0.3 is 4.84 Å². The predicted molar refractivity (Wildman–Crippen MR) is 35.6 cm³/mol. The lowest BCUT2D eigenvalue weighted by Crippen LogP contribution is -2.22.